The standard InChI is InChI=1S/C26H26O/c1-4-18(2)20-12-14-24(15-13-20)27-19(3)25-11-7-10-23-16-21-8-5-6-9-22(21)17-26(23)25/h5-19H,4H2,1-3H3. The van der Waals surface area contributed by atoms with Gasteiger partial charge >= 0.3 is 0 Å². The smallest absolute Gasteiger partial charge is 0.122 e. The molecule has 0 aliphatic carbocycles. The van der Waals surface area contributed by atoms with E-state index < -0.39 is 0 Å². The second-order valence-electron chi connectivity index (χ2n) is 7.41. The van der Waals surface area contributed by atoms with Gasteiger partial charge in [-0.25, -0.2) is 0 Å². The molecule has 0 spiro atoms. The first-order valence-electron chi connectivity index (χ1n) is 9.83. The lowest BCUT2D eigenvalue weighted by Crippen LogP contribution is -2.04. The van der Waals surface area contributed by atoms with E-state index in [9.17, 15) is 0 Å². The Balaban J connectivity index is 1.66. The molecule has 0 saturated carbocycles. The summed E-state index contributed by atoms with van der Waals surface area (Å²) in [5.41, 5.74) is 2.60. The fourth-order valence-corrected chi connectivity index (χ4v) is 3.72. The Labute approximate surface area is 161 Å². The average Bonchev–Trinajstić information content (AvgIpc) is 2.71. The highest BCUT2D eigenvalue weighted by atomic mass is 16.5. The molecule has 0 saturated heterocycles. The Morgan fingerprint density at radius 3 is 2.11 bits per heavy atom. The summed E-state index contributed by atoms with van der Waals surface area (Å²) in [5, 5.41) is 5.06. The van der Waals surface area contributed by atoms with E-state index in [-0.39, 0.29) is 6.10 Å². The molecule has 2 atom stereocenters. The molecule has 0 fully saturated rings. The number of fused-ring (bicyclic) bond motifs is 2. The van der Waals surface area contributed by atoms with Gasteiger partial charge in [-0.3, -0.25) is 0 Å². The largest absolute Gasteiger partial charge is 0.486 e. The van der Waals surface area contributed by atoms with Crippen LogP contribution in [0.4, 0.5) is 0 Å². The van der Waals surface area contributed by atoms with Crippen molar-refractivity contribution in [2.24, 2.45) is 0 Å². The molecule has 0 bridgehead atoms. The zero-order chi connectivity index (χ0) is 18.8. The van der Waals surface area contributed by atoms with Gasteiger partial charge in [0.25, 0.3) is 0 Å². The number of hydrogen-bond donors (Lipinski definition) is 0. The van der Waals surface area contributed by atoms with E-state index in [1.54, 1.807) is 0 Å². The summed E-state index contributed by atoms with van der Waals surface area (Å²) in [6.07, 6.45) is 1.14. The lowest BCUT2D eigenvalue weighted by atomic mass is 9.97. The molecule has 27 heavy (non-hydrogen) atoms. The Hall–Kier alpha value is -2.80. The average molecular weight is 354 g/mol. The SMILES string of the molecule is CCC(C)c1ccc(OC(C)c2cccc3cc4ccccc4cc23)cc1. The Morgan fingerprint density at radius 2 is 1.41 bits per heavy atom. The van der Waals surface area contributed by atoms with Crippen LogP contribution in [0, 0.1) is 0 Å². The third-order valence-electron chi connectivity index (χ3n) is 5.59. The molecule has 4 rings (SSSR count). The third kappa shape index (κ3) is 3.55. The second-order valence-corrected chi connectivity index (χ2v) is 7.41. The maximum Gasteiger partial charge on any atom is 0.122 e. The monoisotopic (exact) mass is 354 g/mol. The number of rotatable bonds is 5. The minimum Gasteiger partial charge on any atom is -0.486 e. The van der Waals surface area contributed by atoms with Gasteiger partial charge in [0.1, 0.15) is 11.9 Å². The fraction of sp³-hybridized carbons (Fsp3) is 0.231. The minimum atomic E-state index is -0.00990. The van der Waals surface area contributed by atoms with Gasteiger partial charge in [-0.2, -0.15) is 0 Å². The predicted molar refractivity (Wildman–Crippen MR) is 116 cm³/mol. The maximum absolute atomic E-state index is 6.29. The van der Waals surface area contributed by atoms with Gasteiger partial charge in [-0.05, 0) is 76.2 Å². The van der Waals surface area contributed by atoms with E-state index in [1.807, 2.05) is 0 Å². The van der Waals surface area contributed by atoms with Crippen LogP contribution >= 0.6 is 0 Å². The molecule has 2 unspecified atom stereocenters. The van der Waals surface area contributed by atoms with Crippen LogP contribution < -0.4 is 4.74 Å². The molecular formula is C26H26O. The molecule has 1 nitrogen and oxygen atoms in total. The van der Waals surface area contributed by atoms with Crippen LogP contribution in [0.15, 0.2) is 78.9 Å². The number of ether oxygens (including phenoxy) is 1. The van der Waals surface area contributed by atoms with Crippen molar-refractivity contribution in [2.75, 3.05) is 0 Å². The molecule has 0 heterocycles. The number of benzene rings is 4. The van der Waals surface area contributed by atoms with Crippen LogP contribution in [0.2, 0.25) is 0 Å². The molecule has 4 aromatic carbocycles. The van der Waals surface area contributed by atoms with Crippen molar-refractivity contribution in [3.05, 3.63) is 90.0 Å². The Kier molecular flexibility index (Phi) is 4.85. The first-order valence-corrected chi connectivity index (χ1v) is 9.83. The summed E-state index contributed by atoms with van der Waals surface area (Å²) in [5.74, 6) is 1.51. The molecule has 0 radical (unpaired) electrons. The molecule has 1 heteroatoms. The molecule has 0 N–H and O–H groups in total. The van der Waals surface area contributed by atoms with E-state index in [1.165, 1.54) is 32.7 Å². The maximum atomic E-state index is 6.29. The van der Waals surface area contributed by atoms with Gasteiger partial charge in [0.15, 0.2) is 0 Å². The van der Waals surface area contributed by atoms with E-state index in [0.29, 0.717) is 5.92 Å². The predicted octanol–water partition coefficient (Wildman–Crippen LogP) is 7.65. The second kappa shape index (κ2) is 7.44. The fourth-order valence-electron chi connectivity index (χ4n) is 3.72. The first-order chi connectivity index (χ1) is 13.2. The van der Waals surface area contributed by atoms with E-state index >= 15 is 0 Å². The first kappa shape index (κ1) is 17.6. The summed E-state index contributed by atoms with van der Waals surface area (Å²) in [7, 11) is 0. The van der Waals surface area contributed by atoms with Crippen molar-refractivity contribution in [3.8, 4) is 5.75 Å². The Bertz CT molecular complexity index is 1060. The zero-order valence-electron chi connectivity index (χ0n) is 16.3. The van der Waals surface area contributed by atoms with Gasteiger partial charge in [-0.15, -0.1) is 0 Å². The van der Waals surface area contributed by atoms with Gasteiger partial charge < -0.3 is 4.74 Å². The summed E-state index contributed by atoms with van der Waals surface area (Å²) in [6.45, 7) is 6.62. The summed E-state index contributed by atoms with van der Waals surface area (Å²) in [4.78, 5) is 0. The van der Waals surface area contributed by atoms with Crippen molar-refractivity contribution in [2.45, 2.75) is 39.2 Å². The number of hydrogen-bond acceptors (Lipinski definition) is 1. The van der Waals surface area contributed by atoms with Crippen LogP contribution in [0.5, 0.6) is 5.75 Å². The molecule has 0 amide bonds. The van der Waals surface area contributed by atoms with E-state index in [0.717, 1.165) is 12.2 Å². The van der Waals surface area contributed by atoms with Crippen molar-refractivity contribution < 1.29 is 4.74 Å². The summed E-state index contributed by atoms with van der Waals surface area (Å²) in [6, 6.07) is 28.1. The minimum absolute atomic E-state index is 0.00990. The van der Waals surface area contributed by atoms with Crippen LogP contribution in [0.1, 0.15) is 50.3 Å². The zero-order valence-corrected chi connectivity index (χ0v) is 16.3. The normalized spacial score (nSPS) is 13.6. The molecule has 4 aromatic rings. The van der Waals surface area contributed by atoms with E-state index in [2.05, 4.69) is 99.6 Å². The molecular weight excluding hydrogens is 328 g/mol. The highest BCUT2D eigenvalue weighted by Gasteiger charge is 2.12. The topological polar surface area (TPSA) is 9.23 Å². The van der Waals surface area contributed by atoms with Crippen LogP contribution in [0.25, 0.3) is 21.5 Å². The highest BCUT2D eigenvalue weighted by molar-refractivity contribution is 5.99. The van der Waals surface area contributed by atoms with E-state index in [4.69, 9.17) is 4.74 Å². The van der Waals surface area contributed by atoms with Crippen LogP contribution in [-0.2, 0) is 0 Å². The molecule has 0 aliphatic heterocycles. The van der Waals surface area contributed by atoms with Crippen LogP contribution in [0.3, 0.4) is 0 Å². The van der Waals surface area contributed by atoms with Crippen molar-refractivity contribution >= 4 is 21.5 Å². The van der Waals surface area contributed by atoms with Gasteiger partial charge in [-0.1, -0.05) is 68.4 Å². The molecule has 0 aromatic heterocycles. The van der Waals surface area contributed by atoms with Crippen molar-refractivity contribution in [1.82, 2.24) is 0 Å². The van der Waals surface area contributed by atoms with Crippen LogP contribution in [-0.4, -0.2) is 0 Å². The highest BCUT2D eigenvalue weighted by Crippen LogP contribution is 2.31. The summed E-state index contributed by atoms with van der Waals surface area (Å²) < 4.78 is 6.29. The van der Waals surface area contributed by atoms with Crippen molar-refractivity contribution in [3.63, 3.8) is 0 Å². The van der Waals surface area contributed by atoms with Crippen molar-refractivity contribution in [1.29, 1.82) is 0 Å². The lowest BCUT2D eigenvalue weighted by molar-refractivity contribution is 0.228. The Morgan fingerprint density at radius 1 is 0.741 bits per heavy atom. The van der Waals surface area contributed by atoms with Gasteiger partial charge in [0.05, 0.1) is 0 Å². The summed E-state index contributed by atoms with van der Waals surface area (Å²) >= 11 is 0. The lowest BCUT2D eigenvalue weighted by Gasteiger charge is -2.18. The third-order valence-corrected chi connectivity index (χ3v) is 5.59. The molecule has 136 valence electrons. The van der Waals surface area contributed by atoms with Gasteiger partial charge in [0.2, 0.25) is 0 Å². The quantitative estimate of drug-likeness (QED) is 0.334. The molecule has 0 aliphatic rings. The van der Waals surface area contributed by atoms with Gasteiger partial charge in [0, 0.05) is 0 Å².